The van der Waals surface area contributed by atoms with Gasteiger partial charge in [-0.3, -0.25) is 0 Å². The number of anilines is 1. The van der Waals surface area contributed by atoms with E-state index in [9.17, 15) is 0 Å². The van der Waals surface area contributed by atoms with Crippen LogP contribution in [0.3, 0.4) is 0 Å². The molecule has 0 radical (unpaired) electrons. The molecule has 1 aliphatic heterocycles. The van der Waals surface area contributed by atoms with Crippen LogP contribution < -0.4 is 14.4 Å². The molecule has 1 fully saturated rings. The third-order valence-electron chi connectivity index (χ3n) is 3.92. The van der Waals surface area contributed by atoms with E-state index < -0.39 is 0 Å². The third kappa shape index (κ3) is 3.12. The van der Waals surface area contributed by atoms with Crippen molar-refractivity contribution in [3.05, 3.63) is 36.5 Å². The minimum absolute atomic E-state index is 0.266. The summed E-state index contributed by atoms with van der Waals surface area (Å²) in [7, 11) is 3.60. The highest BCUT2D eigenvalue weighted by molar-refractivity contribution is 5.51. The molecule has 0 spiro atoms. The van der Waals surface area contributed by atoms with E-state index in [-0.39, 0.29) is 6.10 Å². The van der Waals surface area contributed by atoms with E-state index in [0.717, 1.165) is 37.6 Å². The Morgan fingerprint density at radius 3 is 2.67 bits per heavy atom. The Kier molecular flexibility index (Phi) is 3.99. The molecule has 0 N–H and O–H groups in total. The smallest absolute Gasteiger partial charge is 0.211 e. The molecule has 0 saturated carbocycles. The van der Waals surface area contributed by atoms with E-state index in [4.69, 9.17) is 9.47 Å². The van der Waals surface area contributed by atoms with Crippen LogP contribution in [0.25, 0.3) is 0 Å². The van der Waals surface area contributed by atoms with E-state index in [1.54, 1.807) is 18.0 Å². The van der Waals surface area contributed by atoms with Crippen molar-refractivity contribution in [2.75, 3.05) is 25.1 Å². The first-order valence-electron chi connectivity index (χ1n) is 7.30. The maximum atomic E-state index is 6.00. The lowest BCUT2D eigenvalue weighted by molar-refractivity contribution is 0.157. The Labute approximate surface area is 125 Å². The fourth-order valence-electron chi connectivity index (χ4n) is 2.69. The molecule has 0 atom stereocenters. The van der Waals surface area contributed by atoms with Gasteiger partial charge in [-0.25, -0.2) is 4.68 Å². The molecule has 21 heavy (non-hydrogen) atoms. The van der Waals surface area contributed by atoms with E-state index in [0.29, 0.717) is 0 Å². The second kappa shape index (κ2) is 6.08. The van der Waals surface area contributed by atoms with Crippen LogP contribution in [0.5, 0.6) is 11.6 Å². The average Bonchev–Trinajstić information content (AvgIpc) is 2.93. The highest BCUT2D eigenvalue weighted by Gasteiger charge is 2.21. The summed E-state index contributed by atoms with van der Waals surface area (Å²) in [5, 5.41) is 4.13. The maximum absolute atomic E-state index is 6.00. The highest BCUT2D eigenvalue weighted by atomic mass is 16.5. The van der Waals surface area contributed by atoms with Crippen LogP contribution >= 0.6 is 0 Å². The molecule has 2 aromatic rings. The van der Waals surface area contributed by atoms with Gasteiger partial charge in [-0.2, -0.15) is 5.10 Å². The first kappa shape index (κ1) is 13.8. The van der Waals surface area contributed by atoms with Gasteiger partial charge in [0.2, 0.25) is 5.88 Å². The maximum Gasteiger partial charge on any atom is 0.211 e. The third-order valence-corrected chi connectivity index (χ3v) is 3.92. The zero-order valence-electron chi connectivity index (χ0n) is 12.5. The van der Waals surface area contributed by atoms with Gasteiger partial charge in [0, 0.05) is 50.8 Å². The zero-order valence-corrected chi connectivity index (χ0v) is 12.5. The molecule has 0 amide bonds. The summed E-state index contributed by atoms with van der Waals surface area (Å²) in [5.74, 6) is 1.75. The molecule has 1 aromatic carbocycles. The Balaban J connectivity index is 1.58. The summed E-state index contributed by atoms with van der Waals surface area (Å²) in [5.41, 5.74) is 1.22. The number of aryl methyl sites for hydroxylation is 1. The second-order valence-corrected chi connectivity index (χ2v) is 5.30. The lowest BCUT2D eigenvalue weighted by Crippen LogP contribution is -2.38. The molecule has 1 saturated heterocycles. The Hall–Kier alpha value is -2.17. The molecule has 0 bridgehead atoms. The van der Waals surface area contributed by atoms with Crippen LogP contribution in [0.2, 0.25) is 0 Å². The predicted molar refractivity (Wildman–Crippen MR) is 82.1 cm³/mol. The van der Waals surface area contributed by atoms with Crippen LogP contribution in [-0.4, -0.2) is 36.1 Å². The van der Waals surface area contributed by atoms with Crippen LogP contribution in [0.4, 0.5) is 5.69 Å². The standard InChI is InChI=1S/C16H21N3O2/c1-18-16(6-9-17-18)21-14-7-10-19(11-8-14)13-4-3-5-15(12-13)20-2/h3-6,9,12,14H,7-8,10-11H2,1-2H3. The number of piperidine rings is 1. The molecule has 5 heteroatoms. The number of nitrogens with zero attached hydrogens (tertiary/aromatic N) is 3. The first-order chi connectivity index (χ1) is 10.3. The summed E-state index contributed by atoms with van der Waals surface area (Å²) < 4.78 is 13.1. The van der Waals surface area contributed by atoms with E-state index in [2.05, 4.69) is 22.1 Å². The lowest BCUT2D eigenvalue weighted by atomic mass is 10.1. The molecule has 1 aromatic heterocycles. The van der Waals surface area contributed by atoms with Crippen LogP contribution in [0.1, 0.15) is 12.8 Å². The van der Waals surface area contributed by atoms with Crippen molar-refractivity contribution in [3.63, 3.8) is 0 Å². The van der Waals surface area contributed by atoms with Gasteiger partial charge in [0.1, 0.15) is 11.9 Å². The summed E-state index contributed by atoms with van der Waals surface area (Å²) in [4.78, 5) is 2.38. The van der Waals surface area contributed by atoms with Crippen molar-refractivity contribution >= 4 is 5.69 Å². The Morgan fingerprint density at radius 1 is 1.19 bits per heavy atom. The topological polar surface area (TPSA) is 39.5 Å². The SMILES string of the molecule is COc1cccc(N2CCC(Oc3ccnn3C)CC2)c1. The number of aromatic nitrogens is 2. The molecule has 0 aliphatic carbocycles. The minimum Gasteiger partial charge on any atom is -0.497 e. The molecule has 3 rings (SSSR count). The summed E-state index contributed by atoms with van der Waals surface area (Å²) in [6.45, 7) is 1.99. The van der Waals surface area contributed by atoms with Gasteiger partial charge < -0.3 is 14.4 Å². The van der Waals surface area contributed by atoms with Crippen molar-refractivity contribution < 1.29 is 9.47 Å². The van der Waals surface area contributed by atoms with Gasteiger partial charge in [-0.1, -0.05) is 6.07 Å². The van der Waals surface area contributed by atoms with Gasteiger partial charge in [0.05, 0.1) is 13.3 Å². The van der Waals surface area contributed by atoms with E-state index in [1.807, 2.05) is 25.2 Å². The van der Waals surface area contributed by atoms with Gasteiger partial charge in [0.25, 0.3) is 0 Å². The van der Waals surface area contributed by atoms with Crippen molar-refractivity contribution in [2.24, 2.45) is 7.05 Å². The number of methoxy groups -OCH3 is 1. The summed E-state index contributed by atoms with van der Waals surface area (Å²) in [6, 6.07) is 10.1. The van der Waals surface area contributed by atoms with Crippen LogP contribution in [0, 0.1) is 0 Å². The number of ether oxygens (including phenoxy) is 2. The zero-order chi connectivity index (χ0) is 14.7. The largest absolute Gasteiger partial charge is 0.497 e. The molecular formula is C16H21N3O2. The van der Waals surface area contributed by atoms with Crippen molar-refractivity contribution in [2.45, 2.75) is 18.9 Å². The molecule has 112 valence electrons. The summed E-state index contributed by atoms with van der Waals surface area (Å²) in [6.07, 6.45) is 4.06. The van der Waals surface area contributed by atoms with Gasteiger partial charge in [0.15, 0.2) is 0 Å². The Morgan fingerprint density at radius 2 is 2.00 bits per heavy atom. The molecule has 0 unspecified atom stereocenters. The van der Waals surface area contributed by atoms with E-state index >= 15 is 0 Å². The van der Waals surface area contributed by atoms with E-state index in [1.165, 1.54) is 5.69 Å². The fraction of sp³-hybridized carbons (Fsp3) is 0.438. The quantitative estimate of drug-likeness (QED) is 0.866. The molecular weight excluding hydrogens is 266 g/mol. The highest BCUT2D eigenvalue weighted by Crippen LogP contribution is 2.25. The first-order valence-corrected chi connectivity index (χ1v) is 7.30. The summed E-state index contributed by atoms with van der Waals surface area (Å²) >= 11 is 0. The van der Waals surface area contributed by atoms with Crippen molar-refractivity contribution in [1.29, 1.82) is 0 Å². The Bertz CT molecular complexity index is 589. The van der Waals surface area contributed by atoms with Gasteiger partial charge in [-0.05, 0) is 12.1 Å². The van der Waals surface area contributed by atoms with Crippen LogP contribution in [0.15, 0.2) is 36.5 Å². The number of hydrogen-bond donors (Lipinski definition) is 0. The van der Waals surface area contributed by atoms with Gasteiger partial charge >= 0.3 is 0 Å². The lowest BCUT2D eigenvalue weighted by Gasteiger charge is -2.33. The molecule has 1 aliphatic rings. The fourth-order valence-corrected chi connectivity index (χ4v) is 2.69. The normalized spacial score (nSPS) is 16.0. The minimum atomic E-state index is 0.266. The molecule has 2 heterocycles. The molecule has 5 nitrogen and oxygen atoms in total. The van der Waals surface area contributed by atoms with Crippen LogP contribution in [-0.2, 0) is 7.05 Å². The monoisotopic (exact) mass is 287 g/mol. The predicted octanol–water partition coefficient (Wildman–Crippen LogP) is 2.48. The second-order valence-electron chi connectivity index (χ2n) is 5.30. The number of rotatable bonds is 4. The van der Waals surface area contributed by atoms with Crippen molar-refractivity contribution in [3.8, 4) is 11.6 Å². The average molecular weight is 287 g/mol. The van der Waals surface area contributed by atoms with Crippen molar-refractivity contribution in [1.82, 2.24) is 9.78 Å². The number of hydrogen-bond acceptors (Lipinski definition) is 4. The van der Waals surface area contributed by atoms with Gasteiger partial charge in [-0.15, -0.1) is 0 Å². The number of benzene rings is 1.